The zero-order valence-electron chi connectivity index (χ0n) is 9.64. The number of hydrogen-bond acceptors (Lipinski definition) is 3. The molecule has 2 N–H and O–H groups in total. The molecule has 1 aromatic rings. The van der Waals surface area contributed by atoms with Crippen molar-refractivity contribution in [3.8, 4) is 0 Å². The van der Waals surface area contributed by atoms with Gasteiger partial charge in [-0.3, -0.25) is 4.90 Å². The van der Waals surface area contributed by atoms with E-state index in [1.807, 2.05) is 0 Å². The normalized spacial score (nSPS) is 17.3. The second kappa shape index (κ2) is 5.99. The average molecular weight is 220 g/mol. The maximum Gasteiger partial charge on any atom is 0.0828 e. The summed E-state index contributed by atoms with van der Waals surface area (Å²) in [5.74, 6) is 0. The van der Waals surface area contributed by atoms with Crippen molar-refractivity contribution in [2.24, 2.45) is 5.73 Å². The van der Waals surface area contributed by atoms with Crippen molar-refractivity contribution < 1.29 is 4.74 Å². The van der Waals surface area contributed by atoms with Crippen LogP contribution in [0.1, 0.15) is 12.0 Å². The number of nitrogens with zero attached hydrogens (tertiary/aromatic N) is 1. The van der Waals surface area contributed by atoms with Gasteiger partial charge >= 0.3 is 0 Å². The van der Waals surface area contributed by atoms with Crippen molar-refractivity contribution in [1.29, 1.82) is 0 Å². The van der Waals surface area contributed by atoms with E-state index in [-0.39, 0.29) is 0 Å². The highest BCUT2D eigenvalue weighted by Crippen LogP contribution is 2.15. The average Bonchev–Trinajstić information content (AvgIpc) is 2.27. The minimum Gasteiger partial charge on any atom is -0.376 e. The van der Waals surface area contributed by atoms with Gasteiger partial charge in [0.2, 0.25) is 0 Å². The lowest BCUT2D eigenvalue weighted by molar-refractivity contribution is -0.0578. The molecule has 0 saturated carbocycles. The van der Waals surface area contributed by atoms with Crippen LogP contribution in [0.25, 0.3) is 0 Å². The maximum absolute atomic E-state index is 5.66. The standard InChI is InChI=1S/C13H20N2O/c14-7-4-8-16-13-10-15(11-13)9-12-5-2-1-3-6-12/h1-3,5-6,13H,4,7-11,14H2. The van der Waals surface area contributed by atoms with E-state index < -0.39 is 0 Å². The van der Waals surface area contributed by atoms with Gasteiger partial charge in [-0.1, -0.05) is 30.3 Å². The molecule has 1 heterocycles. The second-order valence-electron chi connectivity index (χ2n) is 4.31. The van der Waals surface area contributed by atoms with Crippen LogP contribution in [0.4, 0.5) is 0 Å². The lowest BCUT2D eigenvalue weighted by atomic mass is 10.1. The molecule has 0 aliphatic carbocycles. The third-order valence-corrected chi connectivity index (χ3v) is 2.87. The van der Waals surface area contributed by atoms with Crippen LogP contribution in [0.2, 0.25) is 0 Å². The molecule has 1 aromatic carbocycles. The zero-order valence-corrected chi connectivity index (χ0v) is 9.64. The van der Waals surface area contributed by atoms with Gasteiger partial charge in [0.1, 0.15) is 0 Å². The van der Waals surface area contributed by atoms with Crippen LogP contribution in [0.15, 0.2) is 30.3 Å². The summed E-state index contributed by atoms with van der Waals surface area (Å²) in [7, 11) is 0. The third-order valence-electron chi connectivity index (χ3n) is 2.87. The monoisotopic (exact) mass is 220 g/mol. The van der Waals surface area contributed by atoms with Crippen LogP contribution in [0, 0.1) is 0 Å². The summed E-state index contributed by atoms with van der Waals surface area (Å²) in [5.41, 5.74) is 6.79. The first kappa shape index (κ1) is 11.6. The zero-order chi connectivity index (χ0) is 11.2. The highest BCUT2D eigenvalue weighted by molar-refractivity contribution is 5.14. The molecule has 0 spiro atoms. The fraction of sp³-hybridized carbons (Fsp3) is 0.538. The van der Waals surface area contributed by atoms with E-state index in [9.17, 15) is 0 Å². The fourth-order valence-corrected chi connectivity index (χ4v) is 1.93. The van der Waals surface area contributed by atoms with Crippen LogP contribution >= 0.6 is 0 Å². The summed E-state index contributed by atoms with van der Waals surface area (Å²) in [6, 6.07) is 10.6. The predicted octanol–water partition coefficient (Wildman–Crippen LogP) is 1.24. The van der Waals surface area contributed by atoms with Crippen molar-refractivity contribution >= 4 is 0 Å². The Morgan fingerprint density at radius 3 is 2.69 bits per heavy atom. The molecule has 3 nitrogen and oxygen atoms in total. The Kier molecular flexibility index (Phi) is 4.34. The van der Waals surface area contributed by atoms with Gasteiger partial charge in [0.05, 0.1) is 6.10 Å². The molecule has 16 heavy (non-hydrogen) atoms. The van der Waals surface area contributed by atoms with Crippen molar-refractivity contribution in [3.05, 3.63) is 35.9 Å². The first-order valence-corrected chi connectivity index (χ1v) is 5.96. The third kappa shape index (κ3) is 3.30. The summed E-state index contributed by atoms with van der Waals surface area (Å²) in [6.45, 7) is 4.68. The Labute approximate surface area is 97.2 Å². The SMILES string of the molecule is NCCCOC1CN(Cc2ccccc2)C1. The van der Waals surface area contributed by atoms with E-state index in [4.69, 9.17) is 10.5 Å². The molecule has 1 aliphatic rings. The van der Waals surface area contributed by atoms with Crippen molar-refractivity contribution in [1.82, 2.24) is 4.90 Å². The summed E-state index contributed by atoms with van der Waals surface area (Å²) >= 11 is 0. The van der Waals surface area contributed by atoms with Crippen LogP contribution in [0.3, 0.4) is 0 Å². The molecular formula is C13H20N2O. The molecule has 0 atom stereocenters. The summed E-state index contributed by atoms with van der Waals surface area (Å²) in [5, 5.41) is 0. The summed E-state index contributed by atoms with van der Waals surface area (Å²) in [4.78, 5) is 2.41. The van der Waals surface area contributed by atoms with E-state index in [2.05, 4.69) is 35.2 Å². The van der Waals surface area contributed by atoms with Crippen molar-refractivity contribution in [3.63, 3.8) is 0 Å². The van der Waals surface area contributed by atoms with Crippen LogP contribution in [-0.4, -0.2) is 37.2 Å². The summed E-state index contributed by atoms with van der Waals surface area (Å²) < 4.78 is 5.66. The first-order chi connectivity index (χ1) is 7.88. The molecule has 0 bridgehead atoms. The van der Waals surface area contributed by atoms with Gasteiger partial charge in [-0.25, -0.2) is 0 Å². The van der Waals surface area contributed by atoms with E-state index in [0.717, 1.165) is 39.2 Å². The number of nitrogens with two attached hydrogens (primary N) is 1. The molecule has 0 amide bonds. The molecule has 1 saturated heterocycles. The predicted molar refractivity (Wildman–Crippen MR) is 65.1 cm³/mol. The van der Waals surface area contributed by atoms with Gasteiger partial charge in [-0.15, -0.1) is 0 Å². The first-order valence-electron chi connectivity index (χ1n) is 5.96. The molecule has 1 aliphatic heterocycles. The van der Waals surface area contributed by atoms with Crippen molar-refractivity contribution in [2.75, 3.05) is 26.2 Å². The summed E-state index contributed by atoms with van der Waals surface area (Å²) in [6.07, 6.45) is 1.39. The van der Waals surface area contributed by atoms with Gasteiger partial charge in [-0.2, -0.15) is 0 Å². The molecule has 0 unspecified atom stereocenters. The number of hydrogen-bond donors (Lipinski definition) is 1. The molecule has 2 rings (SSSR count). The minimum atomic E-state index is 0.426. The van der Waals surface area contributed by atoms with Gasteiger partial charge in [0.25, 0.3) is 0 Å². The van der Waals surface area contributed by atoms with E-state index in [0.29, 0.717) is 6.10 Å². The molecule has 88 valence electrons. The van der Waals surface area contributed by atoms with Crippen molar-refractivity contribution in [2.45, 2.75) is 19.1 Å². The molecular weight excluding hydrogens is 200 g/mol. The second-order valence-corrected chi connectivity index (χ2v) is 4.31. The van der Waals surface area contributed by atoms with Crippen LogP contribution in [-0.2, 0) is 11.3 Å². The van der Waals surface area contributed by atoms with Gasteiger partial charge in [0, 0.05) is 26.2 Å². The van der Waals surface area contributed by atoms with Gasteiger partial charge < -0.3 is 10.5 Å². The molecule has 1 fully saturated rings. The van der Waals surface area contributed by atoms with Gasteiger partial charge in [0.15, 0.2) is 0 Å². The fourth-order valence-electron chi connectivity index (χ4n) is 1.93. The number of benzene rings is 1. The number of likely N-dealkylation sites (tertiary alicyclic amines) is 1. The highest BCUT2D eigenvalue weighted by Gasteiger charge is 2.26. The Bertz CT molecular complexity index is 296. The van der Waals surface area contributed by atoms with E-state index in [1.54, 1.807) is 0 Å². The Morgan fingerprint density at radius 2 is 2.00 bits per heavy atom. The minimum absolute atomic E-state index is 0.426. The molecule has 0 aromatic heterocycles. The molecule has 0 radical (unpaired) electrons. The van der Waals surface area contributed by atoms with E-state index >= 15 is 0 Å². The lowest BCUT2D eigenvalue weighted by Gasteiger charge is -2.39. The highest BCUT2D eigenvalue weighted by atomic mass is 16.5. The van der Waals surface area contributed by atoms with Gasteiger partial charge in [-0.05, 0) is 18.5 Å². The maximum atomic E-state index is 5.66. The van der Waals surface area contributed by atoms with Crippen LogP contribution < -0.4 is 5.73 Å². The number of rotatable bonds is 6. The topological polar surface area (TPSA) is 38.5 Å². The number of ether oxygens (including phenoxy) is 1. The Balaban J connectivity index is 1.62. The Hall–Kier alpha value is -0.900. The lowest BCUT2D eigenvalue weighted by Crippen LogP contribution is -2.51. The Morgan fingerprint density at radius 1 is 1.25 bits per heavy atom. The quantitative estimate of drug-likeness (QED) is 0.733. The largest absolute Gasteiger partial charge is 0.376 e. The molecule has 3 heteroatoms. The van der Waals surface area contributed by atoms with Crippen LogP contribution in [0.5, 0.6) is 0 Å². The van der Waals surface area contributed by atoms with E-state index in [1.165, 1.54) is 5.56 Å². The smallest absolute Gasteiger partial charge is 0.0828 e.